The van der Waals surface area contributed by atoms with Gasteiger partial charge in [0.1, 0.15) is 0 Å². The standard InChI is InChI=1S/C15H17N3O3/c1-3-21-14(19)13-10(2)18(17-15(16)20)9-12(13)11-7-5-4-6-8-11/h4-9H,3H2,1-2H3,(H3,16,17,20). The van der Waals surface area contributed by atoms with E-state index < -0.39 is 12.0 Å². The number of nitrogens with one attached hydrogen (secondary N) is 1. The predicted octanol–water partition coefficient (Wildman–Crippen LogP) is 2.26. The lowest BCUT2D eigenvalue weighted by Crippen LogP contribution is -2.28. The van der Waals surface area contributed by atoms with Crippen LogP contribution in [0.5, 0.6) is 0 Å². The predicted molar refractivity (Wildman–Crippen MR) is 79.5 cm³/mol. The second-order valence-electron chi connectivity index (χ2n) is 4.44. The second-order valence-corrected chi connectivity index (χ2v) is 4.44. The number of nitrogens with zero attached hydrogens (tertiary/aromatic N) is 1. The van der Waals surface area contributed by atoms with Crippen molar-refractivity contribution in [3.8, 4) is 11.1 Å². The normalized spacial score (nSPS) is 10.2. The van der Waals surface area contributed by atoms with Crippen LogP contribution in [0.15, 0.2) is 36.5 Å². The van der Waals surface area contributed by atoms with Gasteiger partial charge in [-0.15, -0.1) is 0 Å². The molecule has 0 bridgehead atoms. The van der Waals surface area contributed by atoms with Crippen molar-refractivity contribution < 1.29 is 14.3 Å². The number of aromatic nitrogens is 1. The number of primary amides is 1. The molecule has 0 radical (unpaired) electrons. The van der Waals surface area contributed by atoms with Crippen molar-refractivity contribution in [1.82, 2.24) is 4.68 Å². The topological polar surface area (TPSA) is 86.3 Å². The van der Waals surface area contributed by atoms with Gasteiger partial charge in [-0.2, -0.15) is 0 Å². The van der Waals surface area contributed by atoms with E-state index >= 15 is 0 Å². The van der Waals surface area contributed by atoms with E-state index in [4.69, 9.17) is 10.5 Å². The van der Waals surface area contributed by atoms with Gasteiger partial charge in [0.05, 0.1) is 17.9 Å². The van der Waals surface area contributed by atoms with Crippen molar-refractivity contribution in [3.63, 3.8) is 0 Å². The molecular formula is C15H17N3O3. The Kier molecular flexibility index (Phi) is 4.27. The fourth-order valence-electron chi connectivity index (χ4n) is 2.14. The number of esters is 1. The molecule has 6 heteroatoms. The third-order valence-corrected chi connectivity index (χ3v) is 3.05. The number of urea groups is 1. The smallest absolute Gasteiger partial charge is 0.340 e. The number of hydrogen-bond acceptors (Lipinski definition) is 3. The van der Waals surface area contributed by atoms with Gasteiger partial charge in [-0.05, 0) is 19.4 Å². The number of nitrogens with two attached hydrogens (primary N) is 1. The molecule has 2 amide bonds. The molecule has 21 heavy (non-hydrogen) atoms. The molecule has 0 saturated heterocycles. The lowest BCUT2D eigenvalue weighted by Gasteiger charge is -2.07. The first-order chi connectivity index (χ1) is 10.0. The highest BCUT2D eigenvalue weighted by Crippen LogP contribution is 2.28. The molecule has 0 aliphatic rings. The van der Waals surface area contributed by atoms with Crippen molar-refractivity contribution in [1.29, 1.82) is 0 Å². The maximum absolute atomic E-state index is 12.2. The van der Waals surface area contributed by atoms with E-state index in [1.165, 1.54) is 4.68 Å². The Morgan fingerprint density at radius 3 is 2.52 bits per heavy atom. The molecule has 0 saturated carbocycles. The Labute approximate surface area is 122 Å². The van der Waals surface area contributed by atoms with Gasteiger partial charge >= 0.3 is 12.0 Å². The highest BCUT2D eigenvalue weighted by Gasteiger charge is 2.22. The molecule has 0 atom stereocenters. The summed E-state index contributed by atoms with van der Waals surface area (Å²) in [7, 11) is 0. The molecule has 110 valence electrons. The molecule has 0 aliphatic carbocycles. The van der Waals surface area contributed by atoms with Crippen LogP contribution in [0, 0.1) is 6.92 Å². The van der Waals surface area contributed by atoms with Crippen LogP contribution in [0.3, 0.4) is 0 Å². The SMILES string of the molecule is CCOC(=O)c1c(-c2ccccc2)cn(NC(N)=O)c1C. The average Bonchev–Trinajstić information content (AvgIpc) is 2.77. The first kappa shape index (κ1) is 14.6. The van der Waals surface area contributed by atoms with E-state index in [9.17, 15) is 9.59 Å². The highest BCUT2D eigenvalue weighted by atomic mass is 16.5. The van der Waals surface area contributed by atoms with Gasteiger partial charge in [-0.3, -0.25) is 4.68 Å². The lowest BCUT2D eigenvalue weighted by molar-refractivity contribution is 0.0526. The van der Waals surface area contributed by atoms with Crippen molar-refractivity contribution in [2.24, 2.45) is 5.73 Å². The first-order valence-corrected chi connectivity index (χ1v) is 6.55. The van der Waals surface area contributed by atoms with Crippen molar-refractivity contribution in [3.05, 3.63) is 47.8 Å². The molecule has 0 unspecified atom stereocenters. The third kappa shape index (κ3) is 3.05. The summed E-state index contributed by atoms with van der Waals surface area (Å²) < 4.78 is 6.52. The van der Waals surface area contributed by atoms with E-state index in [1.807, 2.05) is 30.3 Å². The second kappa shape index (κ2) is 6.13. The Balaban J connectivity index is 2.56. The lowest BCUT2D eigenvalue weighted by atomic mass is 10.0. The van der Waals surface area contributed by atoms with Crippen LogP contribution in [0.25, 0.3) is 11.1 Å². The summed E-state index contributed by atoms with van der Waals surface area (Å²) in [6, 6.07) is 8.69. The van der Waals surface area contributed by atoms with Gasteiger partial charge in [0, 0.05) is 11.8 Å². The Bertz CT molecular complexity index is 662. The van der Waals surface area contributed by atoms with E-state index in [1.54, 1.807) is 20.0 Å². The van der Waals surface area contributed by atoms with E-state index in [0.29, 0.717) is 16.8 Å². The van der Waals surface area contributed by atoms with E-state index in [0.717, 1.165) is 5.56 Å². The molecule has 1 aromatic carbocycles. The summed E-state index contributed by atoms with van der Waals surface area (Å²) in [5, 5.41) is 0. The largest absolute Gasteiger partial charge is 0.462 e. The van der Waals surface area contributed by atoms with Gasteiger partial charge in [-0.25, -0.2) is 15.0 Å². The Morgan fingerprint density at radius 2 is 1.95 bits per heavy atom. The van der Waals surface area contributed by atoms with E-state index in [2.05, 4.69) is 5.43 Å². The van der Waals surface area contributed by atoms with Gasteiger partial charge < -0.3 is 10.5 Å². The van der Waals surface area contributed by atoms with Crippen LogP contribution in [0.1, 0.15) is 23.0 Å². The number of hydrogen-bond donors (Lipinski definition) is 2. The zero-order valence-corrected chi connectivity index (χ0v) is 11.9. The van der Waals surface area contributed by atoms with Crippen LogP contribution in [0.4, 0.5) is 4.79 Å². The number of carbonyl (C=O) groups is 2. The highest BCUT2D eigenvalue weighted by molar-refractivity contribution is 5.99. The molecule has 0 fully saturated rings. The minimum atomic E-state index is -0.705. The molecule has 2 rings (SSSR count). The zero-order valence-electron chi connectivity index (χ0n) is 11.9. The molecule has 6 nitrogen and oxygen atoms in total. The third-order valence-electron chi connectivity index (χ3n) is 3.05. The van der Waals surface area contributed by atoms with Crippen molar-refractivity contribution in [2.45, 2.75) is 13.8 Å². The zero-order chi connectivity index (χ0) is 15.4. The molecule has 2 aromatic rings. The fraction of sp³-hybridized carbons (Fsp3) is 0.200. The maximum atomic E-state index is 12.2. The summed E-state index contributed by atoms with van der Waals surface area (Å²) in [5.74, 6) is -0.432. The minimum Gasteiger partial charge on any atom is -0.462 e. The minimum absolute atomic E-state index is 0.279. The summed E-state index contributed by atoms with van der Waals surface area (Å²) in [6.07, 6.45) is 1.65. The molecule has 1 aromatic heterocycles. The van der Waals surface area contributed by atoms with Crippen molar-refractivity contribution >= 4 is 12.0 Å². The number of ether oxygens (including phenoxy) is 1. The molecule has 3 N–H and O–H groups in total. The van der Waals surface area contributed by atoms with Crippen LogP contribution in [-0.4, -0.2) is 23.3 Å². The van der Waals surface area contributed by atoms with Gasteiger partial charge in [0.2, 0.25) is 0 Å². The van der Waals surface area contributed by atoms with Gasteiger partial charge in [0.25, 0.3) is 0 Å². The molecule has 1 heterocycles. The van der Waals surface area contributed by atoms with E-state index in [-0.39, 0.29) is 6.61 Å². The van der Waals surface area contributed by atoms with Crippen LogP contribution < -0.4 is 11.2 Å². The van der Waals surface area contributed by atoms with Crippen molar-refractivity contribution in [2.75, 3.05) is 12.0 Å². The van der Waals surface area contributed by atoms with Gasteiger partial charge in [-0.1, -0.05) is 30.3 Å². The number of amides is 2. The number of carbonyl (C=O) groups excluding carboxylic acids is 2. The van der Waals surface area contributed by atoms with Crippen LogP contribution in [-0.2, 0) is 4.74 Å². The number of rotatable bonds is 4. The Morgan fingerprint density at radius 1 is 1.29 bits per heavy atom. The fourth-order valence-corrected chi connectivity index (χ4v) is 2.14. The van der Waals surface area contributed by atoms with Crippen LogP contribution in [0.2, 0.25) is 0 Å². The average molecular weight is 287 g/mol. The Hall–Kier alpha value is -2.76. The quantitative estimate of drug-likeness (QED) is 0.846. The maximum Gasteiger partial charge on any atom is 0.340 e. The summed E-state index contributed by atoms with van der Waals surface area (Å²) in [5.41, 5.74) is 10.1. The molecule has 0 spiro atoms. The summed E-state index contributed by atoms with van der Waals surface area (Å²) in [6.45, 7) is 3.74. The summed E-state index contributed by atoms with van der Waals surface area (Å²) >= 11 is 0. The number of benzene rings is 1. The molecular weight excluding hydrogens is 270 g/mol. The summed E-state index contributed by atoms with van der Waals surface area (Å²) in [4.78, 5) is 23.2. The van der Waals surface area contributed by atoms with Crippen LogP contribution >= 0.6 is 0 Å². The molecule has 0 aliphatic heterocycles. The van der Waals surface area contributed by atoms with Gasteiger partial charge in [0.15, 0.2) is 0 Å². The first-order valence-electron chi connectivity index (χ1n) is 6.55. The monoisotopic (exact) mass is 287 g/mol.